The maximum atomic E-state index is 12.7. The number of ketones is 1. The number of aromatic nitrogens is 1. The van der Waals surface area contributed by atoms with Crippen molar-refractivity contribution < 1.29 is 24.2 Å². The van der Waals surface area contributed by atoms with Crippen LogP contribution in [-0.2, 0) is 19.1 Å². The van der Waals surface area contributed by atoms with Gasteiger partial charge < -0.3 is 14.6 Å². The number of aryl methyl sites for hydroxylation is 1. The summed E-state index contributed by atoms with van der Waals surface area (Å²) < 4.78 is 11.7. The van der Waals surface area contributed by atoms with Crippen LogP contribution in [0, 0.1) is 18.8 Å². The van der Waals surface area contributed by atoms with Crippen molar-refractivity contribution in [3.05, 3.63) is 33.0 Å². The number of Topliss-reactive ketones (excluding diaryl/α,β-unsaturated/α-hetero) is 1. The topological polar surface area (TPSA) is 89.0 Å². The number of aliphatic hydroxyl groups is 1. The summed E-state index contributed by atoms with van der Waals surface area (Å²) in [5.74, 6) is -0.677. The molecule has 7 heteroatoms. The van der Waals surface area contributed by atoms with Crippen LogP contribution in [0.2, 0.25) is 0 Å². The Hall–Kier alpha value is -1.99. The number of esters is 1. The van der Waals surface area contributed by atoms with Crippen molar-refractivity contribution in [2.75, 3.05) is 0 Å². The Morgan fingerprint density at radius 1 is 1.16 bits per heavy atom. The maximum absolute atomic E-state index is 12.7. The number of allylic oxidation sites excluding steroid dienone is 2. The Morgan fingerprint density at radius 2 is 1.91 bits per heavy atom. The number of aliphatic hydroxyl groups excluding tert-OH is 1. The second kappa shape index (κ2) is 10.8. The van der Waals surface area contributed by atoms with Gasteiger partial charge in [0.15, 0.2) is 5.78 Å². The summed E-state index contributed by atoms with van der Waals surface area (Å²) in [4.78, 5) is 29.9. The Labute approximate surface area is 194 Å². The summed E-state index contributed by atoms with van der Waals surface area (Å²) in [7, 11) is 0. The summed E-state index contributed by atoms with van der Waals surface area (Å²) in [5.41, 5.74) is 2.22. The van der Waals surface area contributed by atoms with Gasteiger partial charge in [0.2, 0.25) is 0 Å². The van der Waals surface area contributed by atoms with E-state index in [1.54, 1.807) is 25.2 Å². The van der Waals surface area contributed by atoms with E-state index in [1.165, 1.54) is 0 Å². The van der Waals surface area contributed by atoms with Crippen LogP contribution in [0.1, 0.15) is 76.9 Å². The molecule has 2 aliphatic rings. The number of carbonyl (C=O) groups is 2. The number of epoxide rings is 1. The number of thiazole rings is 1. The van der Waals surface area contributed by atoms with Crippen LogP contribution in [-0.4, -0.2) is 40.2 Å². The first kappa shape index (κ1) is 24.6. The van der Waals surface area contributed by atoms with Gasteiger partial charge in [0.1, 0.15) is 11.9 Å². The smallest absolute Gasteiger partial charge is 0.306 e. The van der Waals surface area contributed by atoms with Crippen LogP contribution >= 0.6 is 11.3 Å². The van der Waals surface area contributed by atoms with Crippen molar-refractivity contribution in [2.45, 2.75) is 91.5 Å². The van der Waals surface area contributed by atoms with Crippen LogP contribution < -0.4 is 0 Å². The zero-order chi connectivity index (χ0) is 23.4. The van der Waals surface area contributed by atoms with Crippen molar-refractivity contribution in [3.8, 4) is 0 Å². The van der Waals surface area contributed by atoms with E-state index in [0.29, 0.717) is 18.4 Å². The standard InChI is InChI=1S/C25H35NO5S/c1-14-7-6-8-20-22(30-20)12-21(16(3)11-19-13-32-18(5)26-19)31-23(27)10-9-15(2)25(29)17(4)24(14)28/h11,13-15,20-22,28H,6-10,12H2,1-5H3/b16-11+,24-17+/t14-,15-,20+,21-,22-/m0/s1. The van der Waals surface area contributed by atoms with Gasteiger partial charge in [0, 0.05) is 35.6 Å². The summed E-state index contributed by atoms with van der Waals surface area (Å²) in [6, 6.07) is 0. The lowest BCUT2D eigenvalue weighted by Gasteiger charge is -2.20. The quantitative estimate of drug-likeness (QED) is 0.458. The fourth-order valence-corrected chi connectivity index (χ4v) is 4.83. The summed E-state index contributed by atoms with van der Waals surface area (Å²) in [5, 5.41) is 13.5. The molecule has 0 saturated carbocycles. The third-order valence-corrected chi connectivity index (χ3v) is 7.30. The molecule has 0 radical (unpaired) electrons. The van der Waals surface area contributed by atoms with Crippen LogP contribution in [0.25, 0.3) is 6.08 Å². The zero-order valence-electron chi connectivity index (χ0n) is 19.7. The molecule has 1 aromatic rings. The highest BCUT2D eigenvalue weighted by atomic mass is 32.1. The van der Waals surface area contributed by atoms with E-state index in [-0.39, 0.29) is 54.1 Å². The predicted octanol–water partition coefficient (Wildman–Crippen LogP) is 5.56. The first-order valence-corrected chi connectivity index (χ1v) is 12.4. The lowest BCUT2D eigenvalue weighted by Crippen LogP contribution is -2.23. The first-order chi connectivity index (χ1) is 15.2. The molecule has 0 spiro atoms. The SMILES string of the molecule is C/C(=C\c1csc(C)n1)[C@@H]1C[C@@H]2O[C@@H]2CCC[C@H](C)/C(O)=C(/C)C(=O)[C@@H](C)CCC(=O)O1. The molecular weight excluding hydrogens is 426 g/mol. The molecule has 0 aromatic carbocycles. The Bertz CT molecular complexity index is 902. The molecule has 1 saturated heterocycles. The number of rotatable bonds is 2. The molecule has 1 fully saturated rings. The van der Waals surface area contributed by atoms with E-state index in [1.807, 2.05) is 32.2 Å². The van der Waals surface area contributed by atoms with Gasteiger partial charge in [0.25, 0.3) is 0 Å². The van der Waals surface area contributed by atoms with Crippen LogP contribution in [0.3, 0.4) is 0 Å². The molecule has 3 rings (SSSR count). The monoisotopic (exact) mass is 461 g/mol. The van der Waals surface area contributed by atoms with Gasteiger partial charge in [-0.1, -0.05) is 20.3 Å². The van der Waals surface area contributed by atoms with Gasteiger partial charge in [-0.3, -0.25) is 9.59 Å². The van der Waals surface area contributed by atoms with E-state index < -0.39 is 0 Å². The van der Waals surface area contributed by atoms with Gasteiger partial charge in [-0.15, -0.1) is 11.3 Å². The first-order valence-electron chi connectivity index (χ1n) is 11.5. The van der Waals surface area contributed by atoms with E-state index >= 15 is 0 Å². The normalized spacial score (nSPS) is 33.5. The Kier molecular flexibility index (Phi) is 8.28. The minimum absolute atomic E-state index is 0.0688. The molecule has 0 unspecified atom stereocenters. The van der Waals surface area contributed by atoms with Crippen LogP contribution in [0.4, 0.5) is 0 Å². The zero-order valence-corrected chi connectivity index (χ0v) is 20.5. The molecule has 1 aromatic heterocycles. The lowest BCUT2D eigenvalue weighted by atomic mass is 9.90. The summed E-state index contributed by atoms with van der Waals surface area (Å²) in [6.45, 7) is 9.36. The van der Waals surface area contributed by atoms with Crippen molar-refractivity contribution in [2.24, 2.45) is 11.8 Å². The molecule has 3 heterocycles. The highest BCUT2D eigenvalue weighted by molar-refractivity contribution is 7.09. The predicted molar refractivity (Wildman–Crippen MR) is 125 cm³/mol. The molecule has 0 aliphatic carbocycles. The molecule has 0 bridgehead atoms. The highest BCUT2D eigenvalue weighted by Gasteiger charge is 2.41. The number of ether oxygens (including phenoxy) is 2. The highest BCUT2D eigenvalue weighted by Crippen LogP contribution is 2.35. The fourth-order valence-electron chi connectivity index (χ4n) is 4.26. The van der Waals surface area contributed by atoms with Gasteiger partial charge >= 0.3 is 5.97 Å². The van der Waals surface area contributed by atoms with E-state index in [0.717, 1.165) is 35.5 Å². The second-order valence-corrected chi connectivity index (χ2v) is 10.3. The van der Waals surface area contributed by atoms with E-state index in [9.17, 15) is 14.7 Å². The average molecular weight is 462 g/mol. The van der Waals surface area contributed by atoms with Crippen LogP contribution in [0.5, 0.6) is 0 Å². The molecule has 32 heavy (non-hydrogen) atoms. The van der Waals surface area contributed by atoms with Gasteiger partial charge in [-0.2, -0.15) is 0 Å². The van der Waals surface area contributed by atoms with Crippen molar-refractivity contribution >= 4 is 29.2 Å². The summed E-state index contributed by atoms with van der Waals surface area (Å²) >= 11 is 1.59. The largest absolute Gasteiger partial charge is 0.512 e. The molecule has 6 nitrogen and oxygen atoms in total. The number of carbonyl (C=O) groups excluding carboxylic acids is 2. The number of hydrogen-bond acceptors (Lipinski definition) is 7. The molecule has 1 N–H and O–H groups in total. The molecule has 0 amide bonds. The van der Waals surface area contributed by atoms with Crippen molar-refractivity contribution in [1.82, 2.24) is 4.98 Å². The summed E-state index contributed by atoms with van der Waals surface area (Å²) in [6.07, 6.45) is 5.59. The van der Waals surface area contributed by atoms with E-state index in [4.69, 9.17) is 9.47 Å². The average Bonchev–Trinajstić information content (AvgIpc) is 3.37. The minimum atomic E-state index is -0.372. The third kappa shape index (κ3) is 6.51. The third-order valence-electron chi connectivity index (χ3n) is 6.50. The number of fused-ring (bicyclic) bond motifs is 1. The second-order valence-electron chi connectivity index (χ2n) is 9.25. The minimum Gasteiger partial charge on any atom is -0.512 e. The molecule has 176 valence electrons. The molecule has 5 atom stereocenters. The van der Waals surface area contributed by atoms with Crippen molar-refractivity contribution in [3.63, 3.8) is 0 Å². The van der Waals surface area contributed by atoms with Crippen LogP contribution in [0.15, 0.2) is 22.3 Å². The fraction of sp³-hybridized carbons (Fsp3) is 0.640. The van der Waals surface area contributed by atoms with Gasteiger partial charge in [-0.05, 0) is 51.7 Å². The van der Waals surface area contributed by atoms with E-state index in [2.05, 4.69) is 4.98 Å². The molecular formula is C25H35NO5S. The van der Waals surface area contributed by atoms with Gasteiger partial charge in [-0.25, -0.2) is 4.98 Å². The van der Waals surface area contributed by atoms with Gasteiger partial charge in [0.05, 0.1) is 22.9 Å². The Morgan fingerprint density at radius 3 is 2.59 bits per heavy atom. The maximum Gasteiger partial charge on any atom is 0.306 e. The van der Waals surface area contributed by atoms with Crippen molar-refractivity contribution in [1.29, 1.82) is 0 Å². The number of cyclic esters (lactones) is 1. The molecule has 2 aliphatic heterocycles. The number of nitrogens with zero attached hydrogens (tertiary/aromatic N) is 1. The lowest BCUT2D eigenvalue weighted by molar-refractivity contribution is -0.148. The Balaban J connectivity index is 1.76. The number of hydrogen-bond donors (Lipinski definition) is 1.